The lowest BCUT2D eigenvalue weighted by Gasteiger charge is -2.06. The molecule has 2 aromatic rings. The van der Waals surface area contributed by atoms with E-state index in [4.69, 9.17) is 9.84 Å². The van der Waals surface area contributed by atoms with E-state index in [0.717, 1.165) is 29.4 Å². The monoisotopic (exact) mass is 261 g/mol. The minimum absolute atomic E-state index is 0.0196. The van der Waals surface area contributed by atoms with Gasteiger partial charge in [0.05, 0.1) is 31.2 Å². The first-order valence-corrected chi connectivity index (χ1v) is 6.38. The van der Waals surface area contributed by atoms with Crippen LogP contribution in [0, 0.1) is 0 Å². The number of benzene rings is 1. The van der Waals surface area contributed by atoms with Crippen LogP contribution < -0.4 is 0 Å². The molecule has 6 nitrogen and oxygen atoms in total. The van der Waals surface area contributed by atoms with Crippen LogP contribution in [0.15, 0.2) is 18.2 Å². The van der Waals surface area contributed by atoms with E-state index in [1.165, 1.54) is 0 Å². The van der Waals surface area contributed by atoms with E-state index in [1.807, 2.05) is 6.07 Å². The molecule has 0 atom stereocenters. The molecule has 3 rings (SSSR count). The summed E-state index contributed by atoms with van der Waals surface area (Å²) < 4.78 is 7.32. The summed E-state index contributed by atoms with van der Waals surface area (Å²) in [5, 5.41) is 17.1. The van der Waals surface area contributed by atoms with Crippen LogP contribution in [0.25, 0.3) is 11.0 Å². The summed E-state index contributed by atoms with van der Waals surface area (Å²) in [5.41, 5.74) is 2.26. The Bertz CT molecular complexity index is 604. The number of carboxylic acids is 1. The first kappa shape index (κ1) is 12.1. The minimum Gasteiger partial charge on any atom is -0.481 e. The van der Waals surface area contributed by atoms with Crippen LogP contribution in [0.3, 0.4) is 0 Å². The number of aliphatic carboxylic acids is 1. The van der Waals surface area contributed by atoms with Crippen molar-refractivity contribution in [2.45, 2.75) is 31.9 Å². The first-order valence-electron chi connectivity index (χ1n) is 6.38. The van der Waals surface area contributed by atoms with Gasteiger partial charge in [0.25, 0.3) is 0 Å². The molecule has 0 aliphatic heterocycles. The molecule has 1 fully saturated rings. The summed E-state index contributed by atoms with van der Waals surface area (Å²) in [4.78, 5) is 10.9. The predicted octanol–water partition coefficient (Wildman–Crippen LogP) is 1.24. The summed E-state index contributed by atoms with van der Waals surface area (Å²) in [6.07, 6.45) is 2.67. The molecular formula is C13H15N3O3. The number of nitrogens with zero attached hydrogens (tertiary/aromatic N) is 3. The van der Waals surface area contributed by atoms with Gasteiger partial charge in [-0.15, -0.1) is 5.10 Å². The van der Waals surface area contributed by atoms with Crippen molar-refractivity contribution in [2.75, 3.05) is 6.61 Å². The first-order chi connectivity index (χ1) is 9.24. The number of hydrogen-bond acceptors (Lipinski definition) is 4. The van der Waals surface area contributed by atoms with Crippen molar-refractivity contribution < 1.29 is 14.6 Å². The minimum atomic E-state index is -0.852. The van der Waals surface area contributed by atoms with E-state index in [-0.39, 0.29) is 6.42 Å². The Kier molecular flexibility index (Phi) is 3.16. The van der Waals surface area contributed by atoms with E-state index in [1.54, 1.807) is 16.8 Å². The molecule has 0 amide bonds. The van der Waals surface area contributed by atoms with E-state index >= 15 is 0 Å². The van der Waals surface area contributed by atoms with Crippen molar-refractivity contribution >= 4 is 17.0 Å². The average Bonchev–Trinajstić information content (AvgIpc) is 3.09. The molecule has 1 aromatic heterocycles. The zero-order valence-corrected chi connectivity index (χ0v) is 10.5. The predicted molar refractivity (Wildman–Crippen MR) is 67.8 cm³/mol. The molecule has 0 unspecified atom stereocenters. The van der Waals surface area contributed by atoms with Crippen molar-refractivity contribution in [1.29, 1.82) is 0 Å². The van der Waals surface area contributed by atoms with Gasteiger partial charge in [0.2, 0.25) is 0 Å². The average molecular weight is 261 g/mol. The zero-order chi connectivity index (χ0) is 13.2. The maximum absolute atomic E-state index is 10.9. The van der Waals surface area contributed by atoms with E-state index in [2.05, 4.69) is 10.3 Å². The van der Waals surface area contributed by atoms with Gasteiger partial charge in [-0.1, -0.05) is 17.3 Å². The van der Waals surface area contributed by atoms with Crippen molar-refractivity contribution in [2.24, 2.45) is 0 Å². The molecule has 0 radical (unpaired) electrons. The number of hydrogen-bond donors (Lipinski definition) is 1. The molecule has 1 aliphatic carbocycles. The third kappa shape index (κ3) is 2.73. The number of para-hydroxylation sites is 1. The molecule has 100 valence electrons. The van der Waals surface area contributed by atoms with Gasteiger partial charge in [-0.2, -0.15) is 0 Å². The van der Waals surface area contributed by atoms with Crippen molar-refractivity contribution in [1.82, 2.24) is 15.0 Å². The van der Waals surface area contributed by atoms with Gasteiger partial charge in [-0.05, 0) is 24.5 Å². The fraction of sp³-hybridized carbons (Fsp3) is 0.462. The summed E-state index contributed by atoms with van der Waals surface area (Å²) >= 11 is 0. The quantitative estimate of drug-likeness (QED) is 0.846. The number of carboxylic acid groups (broad SMARTS) is 1. The van der Waals surface area contributed by atoms with Crippen molar-refractivity contribution in [3.63, 3.8) is 0 Å². The largest absolute Gasteiger partial charge is 0.481 e. The van der Waals surface area contributed by atoms with E-state index in [9.17, 15) is 4.79 Å². The van der Waals surface area contributed by atoms with Crippen LogP contribution in [-0.2, 0) is 22.5 Å². The van der Waals surface area contributed by atoms with E-state index < -0.39 is 5.97 Å². The number of carbonyl (C=O) groups is 1. The SMILES string of the molecule is O=C(O)Cc1cccc2nnn(CCOC3CC3)c12. The Morgan fingerprint density at radius 1 is 1.47 bits per heavy atom. The normalized spacial score (nSPS) is 14.9. The Labute approximate surface area is 110 Å². The second-order valence-corrected chi connectivity index (χ2v) is 4.74. The second-order valence-electron chi connectivity index (χ2n) is 4.74. The molecule has 19 heavy (non-hydrogen) atoms. The number of aromatic nitrogens is 3. The summed E-state index contributed by atoms with van der Waals surface area (Å²) in [6.45, 7) is 1.19. The highest BCUT2D eigenvalue weighted by atomic mass is 16.5. The maximum atomic E-state index is 10.9. The Morgan fingerprint density at radius 2 is 2.32 bits per heavy atom. The molecule has 6 heteroatoms. The van der Waals surface area contributed by atoms with Gasteiger partial charge in [-0.3, -0.25) is 4.79 Å². The van der Waals surface area contributed by atoms with Gasteiger partial charge >= 0.3 is 5.97 Å². The highest BCUT2D eigenvalue weighted by molar-refractivity contribution is 5.83. The second kappa shape index (κ2) is 4.97. The number of fused-ring (bicyclic) bond motifs is 1. The van der Waals surface area contributed by atoms with Crippen molar-refractivity contribution in [3.05, 3.63) is 23.8 Å². The fourth-order valence-electron chi connectivity index (χ4n) is 2.11. The fourth-order valence-corrected chi connectivity index (χ4v) is 2.11. The number of ether oxygens (including phenoxy) is 1. The van der Waals surface area contributed by atoms with Crippen LogP contribution in [0.5, 0.6) is 0 Å². The third-order valence-corrected chi connectivity index (χ3v) is 3.14. The van der Waals surface area contributed by atoms with Gasteiger partial charge < -0.3 is 9.84 Å². The molecule has 0 saturated heterocycles. The molecule has 1 heterocycles. The zero-order valence-electron chi connectivity index (χ0n) is 10.5. The molecule has 1 N–H and O–H groups in total. The Balaban J connectivity index is 1.83. The number of rotatable bonds is 6. The Morgan fingerprint density at radius 3 is 3.05 bits per heavy atom. The topological polar surface area (TPSA) is 77.2 Å². The summed E-state index contributed by atoms with van der Waals surface area (Å²) in [7, 11) is 0. The van der Waals surface area contributed by atoms with Crippen LogP contribution >= 0.6 is 0 Å². The highest BCUT2D eigenvalue weighted by Crippen LogP contribution is 2.23. The molecule has 1 aromatic carbocycles. The molecule has 0 bridgehead atoms. The highest BCUT2D eigenvalue weighted by Gasteiger charge is 2.22. The lowest BCUT2D eigenvalue weighted by atomic mass is 10.1. The molecule has 0 spiro atoms. The molecule has 1 saturated carbocycles. The van der Waals surface area contributed by atoms with Crippen LogP contribution in [0.2, 0.25) is 0 Å². The molecule has 1 aliphatic rings. The van der Waals surface area contributed by atoms with Crippen LogP contribution in [-0.4, -0.2) is 38.8 Å². The summed E-state index contributed by atoms with van der Waals surface area (Å²) in [6, 6.07) is 5.45. The van der Waals surface area contributed by atoms with Gasteiger partial charge in [-0.25, -0.2) is 4.68 Å². The smallest absolute Gasteiger partial charge is 0.307 e. The third-order valence-electron chi connectivity index (χ3n) is 3.14. The molecular weight excluding hydrogens is 246 g/mol. The maximum Gasteiger partial charge on any atom is 0.307 e. The van der Waals surface area contributed by atoms with Gasteiger partial charge in [0.15, 0.2) is 0 Å². The van der Waals surface area contributed by atoms with Crippen molar-refractivity contribution in [3.8, 4) is 0 Å². The van der Waals surface area contributed by atoms with E-state index in [0.29, 0.717) is 19.3 Å². The van der Waals surface area contributed by atoms with Crippen LogP contribution in [0.4, 0.5) is 0 Å². The van der Waals surface area contributed by atoms with Crippen LogP contribution in [0.1, 0.15) is 18.4 Å². The lowest BCUT2D eigenvalue weighted by Crippen LogP contribution is -2.10. The standard InChI is InChI=1S/C13H15N3O3/c17-12(18)8-9-2-1-3-11-13(9)16(15-14-11)6-7-19-10-4-5-10/h1-3,10H,4-8H2,(H,17,18). The van der Waals surface area contributed by atoms with Gasteiger partial charge in [0.1, 0.15) is 5.52 Å². The summed E-state index contributed by atoms with van der Waals surface area (Å²) in [5.74, 6) is -0.852. The van der Waals surface area contributed by atoms with Gasteiger partial charge in [0, 0.05) is 0 Å². The Hall–Kier alpha value is -1.95. The lowest BCUT2D eigenvalue weighted by molar-refractivity contribution is -0.136.